The van der Waals surface area contributed by atoms with Crippen LogP contribution in [-0.2, 0) is 22.6 Å². The molecule has 0 aromatic heterocycles. The molecule has 1 aliphatic heterocycles. The number of nitrogens with zero attached hydrogens (tertiary/aromatic N) is 2. The van der Waals surface area contributed by atoms with Crippen LogP contribution in [0.15, 0.2) is 24.3 Å². The lowest BCUT2D eigenvalue weighted by Gasteiger charge is -2.34. The number of nitrogens with one attached hydrogen (secondary N) is 1. The van der Waals surface area contributed by atoms with E-state index >= 15 is 0 Å². The van der Waals surface area contributed by atoms with Crippen LogP contribution < -0.4 is 11.1 Å². The van der Waals surface area contributed by atoms with Gasteiger partial charge in [0, 0.05) is 32.7 Å². The largest absolute Gasteiger partial charge is 0.480 e. The van der Waals surface area contributed by atoms with Gasteiger partial charge in [-0.3, -0.25) is 14.5 Å². The number of amides is 2. The summed E-state index contributed by atoms with van der Waals surface area (Å²) >= 11 is 0. The summed E-state index contributed by atoms with van der Waals surface area (Å²) in [5.41, 5.74) is 7.30. The van der Waals surface area contributed by atoms with Crippen LogP contribution >= 0.6 is 0 Å². The number of carbonyl (C=O) groups is 3. The van der Waals surface area contributed by atoms with Crippen LogP contribution in [0.3, 0.4) is 0 Å². The number of rotatable bonds is 7. The molecule has 1 aliphatic rings. The van der Waals surface area contributed by atoms with Gasteiger partial charge in [-0.2, -0.15) is 0 Å². The van der Waals surface area contributed by atoms with Gasteiger partial charge < -0.3 is 21.1 Å². The minimum atomic E-state index is -1.02. The molecule has 0 unspecified atom stereocenters. The zero-order valence-corrected chi connectivity index (χ0v) is 15.0. The molecule has 1 aromatic rings. The summed E-state index contributed by atoms with van der Waals surface area (Å²) < 4.78 is 0. The number of carboxylic acid groups (broad SMARTS) is 1. The predicted molar refractivity (Wildman–Crippen MR) is 96.7 cm³/mol. The summed E-state index contributed by atoms with van der Waals surface area (Å²) in [7, 11) is 0. The number of hydrogen-bond donors (Lipinski definition) is 3. The van der Waals surface area contributed by atoms with Gasteiger partial charge in [-0.15, -0.1) is 0 Å². The van der Waals surface area contributed by atoms with Crippen molar-refractivity contribution in [1.29, 1.82) is 0 Å². The summed E-state index contributed by atoms with van der Waals surface area (Å²) in [5.74, 6) is -0.889. The Balaban J connectivity index is 1.75. The molecule has 2 amide bonds. The summed E-state index contributed by atoms with van der Waals surface area (Å²) in [5, 5.41) is 11.7. The van der Waals surface area contributed by atoms with Crippen LogP contribution in [0.4, 0.5) is 4.79 Å². The fourth-order valence-electron chi connectivity index (χ4n) is 2.85. The molecule has 0 saturated carbocycles. The Bertz CT molecular complexity index is 639. The zero-order valence-electron chi connectivity index (χ0n) is 15.0. The van der Waals surface area contributed by atoms with Gasteiger partial charge in [-0.1, -0.05) is 24.3 Å². The first kappa shape index (κ1) is 19.9. The molecule has 1 heterocycles. The summed E-state index contributed by atoms with van der Waals surface area (Å²) in [4.78, 5) is 37.9. The third kappa shape index (κ3) is 6.12. The van der Waals surface area contributed by atoms with Crippen LogP contribution in [0, 0.1) is 0 Å². The van der Waals surface area contributed by atoms with Gasteiger partial charge >= 0.3 is 12.0 Å². The Morgan fingerprint density at radius 1 is 1.12 bits per heavy atom. The number of nitrogens with two attached hydrogens (primary N) is 1. The molecular formula is C18H26N4O4. The average Bonchev–Trinajstić information content (AvgIpc) is 2.61. The van der Waals surface area contributed by atoms with Gasteiger partial charge in [-0.05, 0) is 24.5 Å². The molecule has 2 rings (SSSR count). The molecule has 1 saturated heterocycles. The van der Waals surface area contributed by atoms with Crippen molar-refractivity contribution in [3.8, 4) is 0 Å². The molecule has 142 valence electrons. The monoisotopic (exact) mass is 362 g/mol. The summed E-state index contributed by atoms with van der Waals surface area (Å²) in [6, 6.07) is 6.33. The van der Waals surface area contributed by atoms with Crippen LogP contribution in [0.5, 0.6) is 0 Å². The van der Waals surface area contributed by atoms with Crippen LogP contribution in [0.2, 0.25) is 0 Å². The maximum atomic E-state index is 12.2. The number of carboxylic acids is 1. The smallest absolute Gasteiger partial charge is 0.320 e. The van der Waals surface area contributed by atoms with Gasteiger partial charge in [0.1, 0.15) is 11.8 Å². The highest BCUT2D eigenvalue weighted by atomic mass is 16.4. The van der Waals surface area contributed by atoms with Gasteiger partial charge in [0.15, 0.2) is 0 Å². The van der Waals surface area contributed by atoms with Crippen LogP contribution in [0.25, 0.3) is 0 Å². The van der Waals surface area contributed by atoms with E-state index in [2.05, 4.69) is 5.32 Å². The first-order valence-electron chi connectivity index (χ1n) is 8.66. The van der Waals surface area contributed by atoms with Crippen molar-refractivity contribution in [2.24, 2.45) is 5.73 Å². The number of benzene rings is 1. The van der Waals surface area contributed by atoms with Crippen LogP contribution in [0.1, 0.15) is 18.1 Å². The average molecular weight is 362 g/mol. The number of urea groups is 1. The van der Waals surface area contributed by atoms with Crippen molar-refractivity contribution in [3.05, 3.63) is 35.4 Å². The second-order valence-electron chi connectivity index (χ2n) is 6.59. The molecule has 8 heteroatoms. The molecule has 1 fully saturated rings. The van der Waals surface area contributed by atoms with E-state index in [0.29, 0.717) is 39.3 Å². The molecule has 4 N–H and O–H groups in total. The lowest BCUT2D eigenvalue weighted by Crippen LogP contribution is -2.52. The Morgan fingerprint density at radius 2 is 1.69 bits per heavy atom. The third-order valence-electron chi connectivity index (χ3n) is 4.35. The number of hydrogen-bond acceptors (Lipinski definition) is 5. The first-order chi connectivity index (χ1) is 12.3. The highest BCUT2D eigenvalue weighted by Crippen LogP contribution is 2.08. The van der Waals surface area contributed by atoms with Crippen molar-refractivity contribution in [1.82, 2.24) is 15.1 Å². The van der Waals surface area contributed by atoms with Gasteiger partial charge in [0.05, 0.1) is 6.54 Å². The summed E-state index contributed by atoms with van der Waals surface area (Å²) in [6.07, 6.45) is 0.270. The number of carbonyl (C=O) groups excluding carboxylic acids is 2. The molecule has 1 aromatic carbocycles. The van der Waals surface area contributed by atoms with E-state index < -0.39 is 12.0 Å². The highest BCUT2D eigenvalue weighted by Gasteiger charge is 2.21. The van der Waals surface area contributed by atoms with E-state index in [1.807, 2.05) is 29.2 Å². The SMILES string of the molecule is CC(=O)CN1CCN(C(=O)NCc2ccc(C[C@H](N)C(=O)O)cc2)CC1. The highest BCUT2D eigenvalue weighted by molar-refractivity contribution is 5.77. The van der Waals surface area contributed by atoms with Gasteiger partial charge in [0.2, 0.25) is 0 Å². The van der Waals surface area contributed by atoms with Crippen molar-refractivity contribution in [3.63, 3.8) is 0 Å². The van der Waals surface area contributed by atoms with Gasteiger partial charge in [-0.25, -0.2) is 4.79 Å². The van der Waals surface area contributed by atoms with E-state index in [0.717, 1.165) is 11.1 Å². The molecule has 0 spiro atoms. The minimum absolute atomic E-state index is 0.121. The Labute approximate surface area is 152 Å². The van der Waals surface area contributed by atoms with E-state index in [4.69, 9.17) is 10.8 Å². The lowest BCUT2D eigenvalue weighted by molar-refractivity contribution is -0.138. The molecule has 1 atom stereocenters. The Hall–Kier alpha value is -2.45. The molecule has 0 aliphatic carbocycles. The second kappa shape index (κ2) is 9.30. The minimum Gasteiger partial charge on any atom is -0.480 e. The number of ketones is 1. The van der Waals surface area contributed by atoms with E-state index in [1.54, 1.807) is 11.8 Å². The maximum absolute atomic E-state index is 12.2. The van der Waals surface area contributed by atoms with Crippen molar-refractivity contribution < 1.29 is 19.5 Å². The van der Waals surface area contributed by atoms with Crippen molar-refractivity contribution >= 4 is 17.8 Å². The molecule has 0 radical (unpaired) electrons. The van der Waals surface area contributed by atoms with Gasteiger partial charge in [0.25, 0.3) is 0 Å². The molecule has 26 heavy (non-hydrogen) atoms. The van der Waals surface area contributed by atoms with E-state index in [9.17, 15) is 14.4 Å². The fourth-order valence-corrected chi connectivity index (χ4v) is 2.85. The van der Waals surface area contributed by atoms with Crippen LogP contribution in [-0.4, -0.2) is 71.5 Å². The normalized spacial score (nSPS) is 16.2. The standard InChI is InChI=1S/C18H26N4O4/c1-13(23)12-21-6-8-22(9-7-21)18(26)20-11-15-4-2-14(3-5-15)10-16(19)17(24)25/h2-5,16H,6-12,19H2,1H3,(H,20,26)(H,24,25)/t16-/m0/s1. The molecular weight excluding hydrogens is 336 g/mol. The van der Waals surface area contributed by atoms with E-state index in [-0.39, 0.29) is 18.2 Å². The second-order valence-corrected chi connectivity index (χ2v) is 6.59. The first-order valence-corrected chi connectivity index (χ1v) is 8.66. The van der Waals surface area contributed by atoms with Crippen molar-refractivity contribution in [2.75, 3.05) is 32.7 Å². The quantitative estimate of drug-likeness (QED) is 0.631. The maximum Gasteiger partial charge on any atom is 0.320 e. The molecule has 8 nitrogen and oxygen atoms in total. The number of aliphatic carboxylic acids is 1. The fraction of sp³-hybridized carbons (Fsp3) is 0.500. The predicted octanol–water partition coefficient (Wildman–Crippen LogP) is 0.0572. The van der Waals surface area contributed by atoms with Crippen molar-refractivity contribution in [2.45, 2.75) is 25.9 Å². The Kier molecular flexibility index (Phi) is 7.11. The summed E-state index contributed by atoms with van der Waals surface area (Å²) in [6.45, 7) is 5.01. The third-order valence-corrected chi connectivity index (χ3v) is 4.35. The number of piperazine rings is 1. The molecule has 0 bridgehead atoms. The number of Topliss-reactive ketones (excluding diaryl/α,β-unsaturated/α-hetero) is 1. The topological polar surface area (TPSA) is 116 Å². The Morgan fingerprint density at radius 3 is 2.23 bits per heavy atom. The zero-order chi connectivity index (χ0) is 19.1. The van der Waals surface area contributed by atoms with E-state index in [1.165, 1.54) is 0 Å². The lowest BCUT2D eigenvalue weighted by atomic mass is 10.0.